The summed E-state index contributed by atoms with van der Waals surface area (Å²) in [7, 11) is 0. The quantitative estimate of drug-likeness (QED) is 0.719. The van der Waals surface area contributed by atoms with Gasteiger partial charge in [0.1, 0.15) is 0 Å². The van der Waals surface area contributed by atoms with E-state index in [1.165, 1.54) is 25.7 Å². The van der Waals surface area contributed by atoms with Crippen LogP contribution in [-0.4, -0.2) is 12.7 Å². The zero-order chi connectivity index (χ0) is 10.8. The average Bonchev–Trinajstić information content (AvgIpc) is 2.39. The van der Waals surface area contributed by atoms with Crippen LogP contribution in [0.15, 0.2) is 30.3 Å². The van der Waals surface area contributed by atoms with E-state index in [1.54, 1.807) is 0 Å². The normalized spacial score (nSPS) is 31.0. The molecule has 85 valence electrons. The van der Waals surface area contributed by atoms with Crippen LogP contribution in [0.3, 0.4) is 0 Å². The van der Waals surface area contributed by atoms with Crippen molar-refractivity contribution >= 4 is 0 Å². The van der Waals surface area contributed by atoms with Gasteiger partial charge in [-0.2, -0.15) is 0 Å². The van der Waals surface area contributed by atoms with Crippen LogP contribution >= 0.6 is 0 Å². The van der Waals surface area contributed by atoms with Crippen LogP contribution in [0.4, 0.5) is 0 Å². The fraction of sp³-hybridized carbons (Fsp3) is 0.500. The number of hydrogen-bond donors (Lipinski definition) is 0. The van der Waals surface area contributed by atoms with E-state index < -0.39 is 0 Å². The van der Waals surface area contributed by atoms with E-state index >= 15 is 0 Å². The van der Waals surface area contributed by atoms with E-state index in [4.69, 9.17) is 9.47 Å². The van der Waals surface area contributed by atoms with Gasteiger partial charge in [0.25, 0.3) is 6.29 Å². The zero-order valence-corrected chi connectivity index (χ0v) is 9.39. The lowest BCUT2D eigenvalue weighted by Gasteiger charge is -2.38. The van der Waals surface area contributed by atoms with Crippen LogP contribution in [0.25, 0.3) is 0 Å². The Bertz CT molecular complexity index is 336. The van der Waals surface area contributed by atoms with Crippen molar-refractivity contribution in [2.45, 2.75) is 31.8 Å². The number of rotatable bonds is 1. The van der Waals surface area contributed by atoms with Crippen LogP contribution in [0.2, 0.25) is 0 Å². The van der Waals surface area contributed by atoms with Crippen molar-refractivity contribution in [3.8, 4) is 0 Å². The van der Waals surface area contributed by atoms with E-state index in [0.29, 0.717) is 12.0 Å². The molecular formula is C14H17O2. The first-order valence-electron chi connectivity index (χ1n) is 6.15. The highest BCUT2D eigenvalue weighted by atomic mass is 16.7. The van der Waals surface area contributed by atoms with Gasteiger partial charge in [-0.15, -0.1) is 0 Å². The Morgan fingerprint density at radius 1 is 1.00 bits per heavy atom. The van der Waals surface area contributed by atoms with E-state index in [-0.39, 0.29) is 0 Å². The summed E-state index contributed by atoms with van der Waals surface area (Å²) in [6.07, 6.45) is 6.18. The lowest BCUT2D eigenvalue weighted by molar-refractivity contribution is -0.157. The van der Waals surface area contributed by atoms with Crippen molar-refractivity contribution in [3.63, 3.8) is 0 Å². The topological polar surface area (TPSA) is 18.5 Å². The van der Waals surface area contributed by atoms with Crippen LogP contribution < -0.4 is 0 Å². The molecule has 0 unspecified atom stereocenters. The summed E-state index contributed by atoms with van der Waals surface area (Å²) >= 11 is 0. The van der Waals surface area contributed by atoms with Gasteiger partial charge in [0, 0.05) is 11.5 Å². The Kier molecular flexibility index (Phi) is 2.94. The molecule has 0 spiro atoms. The summed E-state index contributed by atoms with van der Waals surface area (Å²) in [6, 6.07) is 10.1. The highest BCUT2D eigenvalue weighted by molar-refractivity contribution is 5.24. The summed E-state index contributed by atoms with van der Waals surface area (Å²) in [4.78, 5) is 0. The third kappa shape index (κ3) is 2.00. The first-order chi connectivity index (χ1) is 7.93. The summed E-state index contributed by atoms with van der Waals surface area (Å²) in [5.41, 5.74) is 1.06. The minimum atomic E-state index is 0.387. The van der Waals surface area contributed by atoms with Crippen molar-refractivity contribution in [1.29, 1.82) is 0 Å². The number of benzene rings is 1. The number of fused-ring (bicyclic) bond motifs is 1. The number of ether oxygens (including phenoxy) is 2. The molecule has 0 amide bonds. The van der Waals surface area contributed by atoms with E-state index in [2.05, 4.69) is 0 Å². The molecule has 2 nitrogen and oxygen atoms in total. The summed E-state index contributed by atoms with van der Waals surface area (Å²) in [5.74, 6) is 0.612. The molecule has 2 atom stereocenters. The van der Waals surface area contributed by atoms with Gasteiger partial charge >= 0.3 is 0 Å². The molecule has 0 aromatic heterocycles. The van der Waals surface area contributed by atoms with Crippen molar-refractivity contribution in [3.05, 3.63) is 42.2 Å². The molecule has 1 heterocycles. The smallest absolute Gasteiger partial charge is 0.256 e. The Labute approximate surface area is 96.6 Å². The minimum Gasteiger partial charge on any atom is -0.341 e. The Hall–Kier alpha value is -0.860. The van der Waals surface area contributed by atoms with Crippen LogP contribution in [0.1, 0.15) is 31.2 Å². The first-order valence-corrected chi connectivity index (χ1v) is 6.15. The first kappa shape index (κ1) is 10.3. The molecule has 2 fully saturated rings. The summed E-state index contributed by atoms with van der Waals surface area (Å²) < 4.78 is 11.7. The molecule has 1 aromatic rings. The maximum absolute atomic E-state index is 5.97. The average molecular weight is 217 g/mol. The molecule has 1 aromatic carbocycles. The van der Waals surface area contributed by atoms with Crippen LogP contribution in [-0.2, 0) is 9.47 Å². The van der Waals surface area contributed by atoms with Crippen molar-refractivity contribution < 1.29 is 9.47 Å². The van der Waals surface area contributed by atoms with Crippen molar-refractivity contribution in [1.82, 2.24) is 0 Å². The molecule has 1 radical (unpaired) electrons. The maximum atomic E-state index is 5.97. The second-order valence-corrected chi connectivity index (χ2v) is 4.67. The standard InChI is InChI=1S/C14H17O2/c1-2-6-11(7-3-1)14-15-10-12-8-4-5-9-13(12)16-14/h1-3,6-7,12-13H,4-5,8-10H2/t12-,13+/m1/s1. The lowest BCUT2D eigenvalue weighted by Crippen LogP contribution is -2.38. The fourth-order valence-corrected chi connectivity index (χ4v) is 2.60. The number of hydrogen-bond acceptors (Lipinski definition) is 2. The predicted octanol–water partition coefficient (Wildman–Crippen LogP) is 3.13. The molecule has 2 heteroatoms. The lowest BCUT2D eigenvalue weighted by atomic mass is 9.86. The van der Waals surface area contributed by atoms with E-state index in [0.717, 1.165) is 18.5 Å². The van der Waals surface area contributed by atoms with Crippen molar-refractivity contribution in [2.75, 3.05) is 6.61 Å². The third-order valence-electron chi connectivity index (χ3n) is 3.54. The molecule has 2 aliphatic rings. The molecule has 0 N–H and O–H groups in total. The summed E-state index contributed by atoms with van der Waals surface area (Å²) in [6.45, 7) is 0.828. The second kappa shape index (κ2) is 4.56. The molecule has 16 heavy (non-hydrogen) atoms. The monoisotopic (exact) mass is 217 g/mol. The molecule has 1 saturated heterocycles. The van der Waals surface area contributed by atoms with Gasteiger partial charge in [-0.3, -0.25) is 0 Å². The van der Waals surface area contributed by atoms with Crippen LogP contribution in [0.5, 0.6) is 0 Å². The largest absolute Gasteiger partial charge is 0.341 e. The van der Waals surface area contributed by atoms with E-state index in [1.807, 2.05) is 30.3 Å². The van der Waals surface area contributed by atoms with Gasteiger partial charge in [-0.1, -0.05) is 43.2 Å². The third-order valence-corrected chi connectivity index (χ3v) is 3.54. The Balaban J connectivity index is 1.71. The molecule has 1 saturated carbocycles. The van der Waals surface area contributed by atoms with Gasteiger partial charge in [0.15, 0.2) is 0 Å². The van der Waals surface area contributed by atoms with Gasteiger partial charge in [-0.25, -0.2) is 0 Å². The zero-order valence-electron chi connectivity index (χ0n) is 9.39. The molecule has 0 bridgehead atoms. The fourth-order valence-electron chi connectivity index (χ4n) is 2.60. The van der Waals surface area contributed by atoms with Gasteiger partial charge in [-0.05, 0) is 12.8 Å². The van der Waals surface area contributed by atoms with Gasteiger partial charge in [0.05, 0.1) is 12.7 Å². The van der Waals surface area contributed by atoms with Crippen molar-refractivity contribution in [2.24, 2.45) is 5.92 Å². The van der Waals surface area contributed by atoms with Crippen LogP contribution in [0, 0.1) is 12.2 Å². The SMILES string of the molecule is c1ccc([C]2OC[C@H]3CCCC[C@@H]3O2)cc1. The maximum Gasteiger partial charge on any atom is 0.256 e. The van der Waals surface area contributed by atoms with Gasteiger partial charge < -0.3 is 9.47 Å². The molecule has 1 aliphatic heterocycles. The molecular weight excluding hydrogens is 200 g/mol. The molecule has 3 rings (SSSR count). The Morgan fingerprint density at radius 3 is 2.69 bits per heavy atom. The molecule has 1 aliphatic carbocycles. The Morgan fingerprint density at radius 2 is 1.81 bits per heavy atom. The van der Waals surface area contributed by atoms with Gasteiger partial charge in [0.2, 0.25) is 0 Å². The predicted molar refractivity (Wildman–Crippen MR) is 61.6 cm³/mol. The highest BCUT2D eigenvalue weighted by Gasteiger charge is 2.35. The van der Waals surface area contributed by atoms with E-state index in [9.17, 15) is 0 Å². The second-order valence-electron chi connectivity index (χ2n) is 4.67. The minimum absolute atomic E-state index is 0.387. The summed E-state index contributed by atoms with van der Waals surface area (Å²) in [5, 5.41) is 0. The highest BCUT2D eigenvalue weighted by Crippen LogP contribution is 2.36.